The molecule has 124 valence electrons. The number of aromatic nitrogens is 1. The van der Waals surface area contributed by atoms with Crippen molar-refractivity contribution in [3.63, 3.8) is 0 Å². The van der Waals surface area contributed by atoms with E-state index in [1.165, 1.54) is 0 Å². The fourth-order valence-corrected chi connectivity index (χ4v) is 3.75. The Hall–Kier alpha value is -1.66. The molecule has 0 aliphatic carbocycles. The van der Waals surface area contributed by atoms with Crippen LogP contribution in [0.25, 0.3) is 0 Å². The Kier molecular flexibility index (Phi) is 5.46. The largest absolute Gasteiger partial charge is 0.468 e. The Morgan fingerprint density at radius 3 is 3.22 bits per heavy atom. The number of nitrogens with zero attached hydrogens (tertiary/aromatic N) is 2. The summed E-state index contributed by atoms with van der Waals surface area (Å²) in [6.45, 7) is 5.23. The maximum absolute atomic E-state index is 12.4. The Morgan fingerprint density at radius 2 is 2.48 bits per heavy atom. The molecule has 1 atom stereocenters. The van der Waals surface area contributed by atoms with Gasteiger partial charge in [0.2, 0.25) is 5.91 Å². The summed E-state index contributed by atoms with van der Waals surface area (Å²) in [5, 5.41) is 6.09. The van der Waals surface area contributed by atoms with Gasteiger partial charge in [-0.1, -0.05) is 6.92 Å². The molecule has 2 aromatic heterocycles. The molecule has 0 unspecified atom stereocenters. The summed E-state index contributed by atoms with van der Waals surface area (Å²) in [4.78, 5) is 19.2. The Labute approximate surface area is 140 Å². The maximum atomic E-state index is 12.4. The molecule has 1 aliphatic rings. The zero-order valence-electron chi connectivity index (χ0n) is 13.5. The standard InChI is InChI=1S/C17H23N3O2S/c1-2-14-12-23-16(19-14)9-18-17(21)13-5-3-7-20(10-13)11-15-6-4-8-22-15/h4,6,8,12-13H,2-3,5,7,9-11H2,1H3,(H,18,21)/t13-/m0/s1. The van der Waals surface area contributed by atoms with E-state index in [0.717, 1.165) is 55.4 Å². The summed E-state index contributed by atoms with van der Waals surface area (Å²) in [6.07, 6.45) is 4.64. The molecule has 0 radical (unpaired) electrons. The van der Waals surface area contributed by atoms with Gasteiger partial charge in [0.05, 0.1) is 31.0 Å². The van der Waals surface area contributed by atoms with E-state index in [1.807, 2.05) is 12.1 Å². The number of piperidine rings is 1. The molecule has 0 aromatic carbocycles. The van der Waals surface area contributed by atoms with E-state index in [4.69, 9.17) is 4.42 Å². The highest BCUT2D eigenvalue weighted by atomic mass is 32.1. The van der Waals surface area contributed by atoms with Crippen LogP contribution in [-0.2, 0) is 24.3 Å². The molecular formula is C17H23N3O2S. The molecule has 1 fully saturated rings. The first-order valence-corrected chi connectivity index (χ1v) is 9.08. The minimum absolute atomic E-state index is 0.0596. The molecule has 1 saturated heterocycles. The molecule has 0 spiro atoms. The van der Waals surface area contributed by atoms with Crippen LogP contribution in [-0.4, -0.2) is 28.9 Å². The third kappa shape index (κ3) is 4.42. The van der Waals surface area contributed by atoms with Gasteiger partial charge in [0.1, 0.15) is 10.8 Å². The molecule has 1 aliphatic heterocycles. The summed E-state index contributed by atoms with van der Waals surface area (Å²) in [7, 11) is 0. The normalized spacial score (nSPS) is 18.9. The van der Waals surface area contributed by atoms with Crippen molar-refractivity contribution in [3.05, 3.63) is 40.2 Å². The number of hydrogen-bond acceptors (Lipinski definition) is 5. The van der Waals surface area contributed by atoms with Crippen molar-refractivity contribution in [2.45, 2.75) is 39.3 Å². The molecule has 3 heterocycles. The highest BCUT2D eigenvalue weighted by Crippen LogP contribution is 2.19. The fourth-order valence-electron chi connectivity index (χ4n) is 2.94. The van der Waals surface area contributed by atoms with Gasteiger partial charge in [-0.2, -0.15) is 0 Å². The molecular weight excluding hydrogens is 310 g/mol. The number of aryl methyl sites for hydroxylation is 1. The maximum Gasteiger partial charge on any atom is 0.224 e. The third-order valence-corrected chi connectivity index (χ3v) is 5.11. The van der Waals surface area contributed by atoms with Gasteiger partial charge in [0.15, 0.2) is 0 Å². The second-order valence-electron chi connectivity index (χ2n) is 5.96. The van der Waals surface area contributed by atoms with E-state index in [-0.39, 0.29) is 11.8 Å². The van der Waals surface area contributed by atoms with E-state index >= 15 is 0 Å². The van der Waals surface area contributed by atoms with Crippen LogP contribution in [0.4, 0.5) is 0 Å². The Morgan fingerprint density at radius 1 is 1.57 bits per heavy atom. The number of likely N-dealkylation sites (tertiary alicyclic amines) is 1. The first-order chi connectivity index (χ1) is 11.2. The van der Waals surface area contributed by atoms with E-state index < -0.39 is 0 Å². The molecule has 1 N–H and O–H groups in total. The number of carbonyl (C=O) groups is 1. The van der Waals surface area contributed by atoms with Crippen LogP contribution >= 0.6 is 11.3 Å². The Bertz CT molecular complexity index is 624. The minimum Gasteiger partial charge on any atom is -0.468 e. The molecule has 1 amide bonds. The van der Waals surface area contributed by atoms with Crippen molar-refractivity contribution < 1.29 is 9.21 Å². The van der Waals surface area contributed by atoms with Crippen LogP contribution in [0.3, 0.4) is 0 Å². The zero-order chi connectivity index (χ0) is 16.1. The SMILES string of the molecule is CCc1csc(CNC(=O)[C@H]2CCCN(Cc3ccco3)C2)n1. The summed E-state index contributed by atoms with van der Waals surface area (Å²) < 4.78 is 5.40. The van der Waals surface area contributed by atoms with Crippen molar-refractivity contribution in [2.24, 2.45) is 5.92 Å². The zero-order valence-corrected chi connectivity index (χ0v) is 14.3. The number of rotatable bonds is 6. The minimum atomic E-state index is 0.0596. The van der Waals surface area contributed by atoms with Gasteiger partial charge in [-0.05, 0) is 37.9 Å². The molecule has 0 saturated carbocycles. The number of nitrogens with one attached hydrogen (secondary N) is 1. The van der Waals surface area contributed by atoms with Gasteiger partial charge in [-0.15, -0.1) is 11.3 Å². The van der Waals surface area contributed by atoms with Crippen LogP contribution in [0.5, 0.6) is 0 Å². The van der Waals surface area contributed by atoms with E-state index in [9.17, 15) is 4.79 Å². The predicted molar refractivity (Wildman–Crippen MR) is 90.0 cm³/mol. The molecule has 5 nitrogen and oxygen atoms in total. The van der Waals surface area contributed by atoms with Gasteiger partial charge in [0, 0.05) is 11.9 Å². The van der Waals surface area contributed by atoms with Crippen molar-refractivity contribution in [3.8, 4) is 0 Å². The summed E-state index contributed by atoms with van der Waals surface area (Å²) in [5.41, 5.74) is 1.10. The van der Waals surface area contributed by atoms with Crippen molar-refractivity contribution in [1.29, 1.82) is 0 Å². The van der Waals surface area contributed by atoms with Crippen LogP contribution in [0.1, 0.15) is 36.2 Å². The fraction of sp³-hybridized carbons (Fsp3) is 0.529. The monoisotopic (exact) mass is 333 g/mol. The number of thiazole rings is 1. The highest BCUT2D eigenvalue weighted by molar-refractivity contribution is 7.09. The average Bonchev–Trinajstić information content (AvgIpc) is 3.24. The van der Waals surface area contributed by atoms with Crippen LogP contribution in [0.2, 0.25) is 0 Å². The second kappa shape index (κ2) is 7.75. The van der Waals surface area contributed by atoms with E-state index in [0.29, 0.717) is 6.54 Å². The lowest BCUT2D eigenvalue weighted by molar-refractivity contribution is -0.127. The summed E-state index contributed by atoms with van der Waals surface area (Å²) in [6, 6.07) is 3.89. The first-order valence-electron chi connectivity index (χ1n) is 8.20. The quantitative estimate of drug-likeness (QED) is 0.883. The van der Waals surface area contributed by atoms with Crippen LogP contribution < -0.4 is 5.32 Å². The average molecular weight is 333 g/mol. The van der Waals surface area contributed by atoms with Gasteiger partial charge in [0.25, 0.3) is 0 Å². The van der Waals surface area contributed by atoms with Gasteiger partial charge in [-0.3, -0.25) is 9.69 Å². The summed E-state index contributed by atoms with van der Waals surface area (Å²) >= 11 is 1.62. The molecule has 2 aromatic rings. The lowest BCUT2D eigenvalue weighted by Crippen LogP contribution is -2.42. The van der Waals surface area contributed by atoms with E-state index in [2.05, 4.69) is 27.5 Å². The van der Waals surface area contributed by atoms with Gasteiger partial charge >= 0.3 is 0 Å². The van der Waals surface area contributed by atoms with Crippen LogP contribution in [0, 0.1) is 5.92 Å². The van der Waals surface area contributed by atoms with Crippen LogP contribution in [0.15, 0.2) is 28.2 Å². The second-order valence-corrected chi connectivity index (χ2v) is 6.90. The van der Waals surface area contributed by atoms with Gasteiger partial charge < -0.3 is 9.73 Å². The molecule has 3 rings (SSSR count). The topological polar surface area (TPSA) is 58.4 Å². The smallest absolute Gasteiger partial charge is 0.224 e. The number of carbonyl (C=O) groups excluding carboxylic acids is 1. The third-order valence-electron chi connectivity index (χ3n) is 4.21. The van der Waals surface area contributed by atoms with Crippen molar-refractivity contribution >= 4 is 17.2 Å². The molecule has 6 heteroatoms. The van der Waals surface area contributed by atoms with Crippen molar-refractivity contribution in [1.82, 2.24) is 15.2 Å². The van der Waals surface area contributed by atoms with Gasteiger partial charge in [-0.25, -0.2) is 4.98 Å². The number of hydrogen-bond donors (Lipinski definition) is 1. The molecule has 0 bridgehead atoms. The predicted octanol–water partition coefficient (Wildman–Crippen LogP) is 2.83. The summed E-state index contributed by atoms with van der Waals surface area (Å²) in [5.74, 6) is 1.16. The number of amides is 1. The Balaban J connectivity index is 1.48. The van der Waals surface area contributed by atoms with Crippen molar-refractivity contribution in [2.75, 3.05) is 13.1 Å². The molecule has 23 heavy (non-hydrogen) atoms. The first kappa shape index (κ1) is 16.2. The lowest BCUT2D eigenvalue weighted by atomic mass is 9.97. The lowest BCUT2D eigenvalue weighted by Gasteiger charge is -2.31. The highest BCUT2D eigenvalue weighted by Gasteiger charge is 2.26. The van der Waals surface area contributed by atoms with E-state index in [1.54, 1.807) is 17.6 Å². The number of furan rings is 1.